The summed E-state index contributed by atoms with van der Waals surface area (Å²) in [5.74, 6) is 0.674. The van der Waals surface area contributed by atoms with Crippen LogP contribution in [0.1, 0.15) is 18.1 Å². The van der Waals surface area contributed by atoms with Gasteiger partial charge in [0.1, 0.15) is 5.82 Å². The molecule has 0 aromatic heterocycles. The zero-order chi connectivity index (χ0) is 13.8. The molecule has 1 heterocycles. The molecule has 0 bridgehead atoms. The first-order valence-electron chi connectivity index (χ1n) is 6.51. The van der Waals surface area contributed by atoms with Crippen LogP contribution in [0.25, 0.3) is 0 Å². The molecule has 0 spiro atoms. The van der Waals surface area contributed by atoms with Gasteiger partial charge in [0.15, 0.2) is 5.96 Å². The molecule has 0 amide bonds. The Morgan fingerprint density at radius 2 is 2.26 bits per heavy atom. The standard InChI is InChI=1S/C14H21FN4/c1-10-7-16-14(18-10)17-8-11-4-5-13(15)12(6-11)9-19(2)3/h4-6,10H,7-9H2,1-3H3,(H2,16,17,18). The Morgan fingerprint density at radius 1 is 1.47 bits per heavy atom. The Balaban J connectivity index is 1.97. The molecular weight excluding hydrogens is 243 g/mol. The molecule has 1 aromatic rings. The van der Waals surface area contributed by atoms with Gasteiger partial charge in [0.25, 0.3) is 0 Å². The molecule has 2 N–H and O–H groups in total. The maximum absolute atomic E-state index is 13.6. The number of halogens is 1. The van der Waals surface area contributed by atoms with E-state index in [4.69, 9.17) is 0 Å². The van der Waals surface area contributed by atoms with E-state index in [2.05, 4.69) is 22.5 Å². The van der Waals surface area contributed by atoms with E-state index in [1.807, 2.05) is 25.1 Å². The van der Waals surface area contributed by atoms with Crippen LogP contribution in [0.4, 0.5) is 4.39 Å². The number of aliphatic imine (C=N–C) groups is 1. The van der Waals surface area contributed by atoms with Crippen LogP contribution < -0.4 is 10.6 Å². The van der Waals surface area contributed by atoms with Gasteiger partial charge in [-0.25, -0.2) is 4.39 Å². The molecular formula is C14H21FN4. The fourth-order valence-corrected chi connectivity index (χ4v) is 2.05. The van der Waals surface area contributed by atoms with E-state index in [1.54, 1.807) is 6.07 Å². The van der Waals surface area contributed by atoms with Gasteiger partial charge in [-0.2, -0.15) is 0 Å². The van der Waals surface area contributed by atoms with Crippen molar-refractivity contribution in [1.82, 2.24) is 15.5 Å². The van der Waals surface area contributed by atoms with Crippen LogP contribution in [0.5, 0.6) is 0 Å². The van der Waals surface area contributed by atoms with Crippen molar-refractivity contribution in [3.05, 3.63) is 35.1 Å². The van der Waals surface area contributed by atoms with Crippen molar-refractivity contribution in [2.45, 2.75) is 26.1 Å². The van der Waals surface area contributed by atoms with Crippen molar-refractivity contribution in [2.75, 3.05) is 20.6 Å². The van der Waals surface area contributed by atoms with E-state index in [-0.39, 0.29) is 5.82 Å². The molecule has 0 aliphatic carbocycles. The van der Waals surface area contributed by atoms with E-state index in [1.165, 1.54) is 6.07 Å². The number of nitrogens with zero attached hydrogens (tertiary/aromatic N) is 2. The molecule has 1 aliphatic rings. The van der Waals surface area contributed by atoms with Crippen LogP contribution in [0, 0.1) is 5.82 Å². The molecule has 0 radical (unpaired) electrons. The van der Waals surface area contributed by atoms with Crippen molar-refractivity contribution in [3.63, 3.8) is 0 Å². The largest absolute Gasteiger partial charge is 0.352 e. The average Bonchev–Trinajstić information content (AvgIpc) is 2.75. The molecule has 0 fully saturated rings. The lowest BCUT2D eigenvalue weighted by molar-refractivity contribution is 0.392. The number of hydrogen-bond donors (Lipinski definition) is 2. The summed E-state index contributed by atoms with van der Waals surface area (Å²) in [6.45, 7) is 4.15. The van der Waals surface area contributed by atoms with Gasteiger partial charge in [-0.1, -0.05) is 6.07 Å². The average molecular weight is 264 g/mol. The van der Waals surface area contributed by atoms with Gasteiger partial charge in [0.2, 0.25) is 0 Å². The maximum atomic E-state index is 13.6. The van der Waals surface area contributed by atoms with Gasteiger partial charge in [-0.05, 0) is 38.7 Å². The Bertz CT molecular complexity index is 471. The van der Waals surface area contributed by atoms with Crippen molar-refractivity contribution in [2.24, 2.45) is 4.99 Å². The first-order chi connectivity index (χ1) is 9.04. The second-order valence-electron chi connectivity index (χ2n) is 5.25. The summed E-state index contributed by atoms with van der Waals surface area (Å²) >= 11 is 0. The maximum Gasteiger partial charge on any atom is 0.191 e. The molecule has 5 heteroatoms. The van der Waals surface area contributed by atoms with E-state index >= 15 is 0 Å². The summed E-state index contributed by atoms with van der Waals surface area (Å²) < 4.78 is 13.6. The SMILES string of the molecule is CC1CN=C(NCc2ccc(F)c(CN(C)C)c2)N1. The highest BCUT2D eigenvalue weighted by molar-refractivity contribution is 5.81. The summed E-state index contributed by atoms with van der Waals surface area (Å²) in [6.07, 6.45) is 0. The summed E-state index contributed by atoms with van der Waals surface area (Å²) in [4.78, 5) is 6.29. The highest BCUT2D eigenvalue weighted by Gasteiger charge is 2.12. The van der Waals surface area contributed by atoms with Gasteiger partial charge in [0, 0.05) is 24.7 Å². The topological polar surface area (TPSA) is 39.7 Å². The van der Waals surface area contributed by atoms with Crippen molar-refractivity contribution < 1.29 is 4.39 Å². The van der Waals surface area contributed by atoms with Gasteiger partial charge in [0.05, 0.1) is 6.54 Å². The highest BCUT2D eigenvalue weighted by Crippen LogP contribution is 2.12. The minimum atomic E-state index is -0.151. The monoisotopic (exact) mass is 264 g/mol. The zero-order valence-electron chi connectivity index (χ0n) is 11.7. The quantitative estimate of drug-likeness (QED) is 0.862. The lowest BCUT2D eigenvalue weighted by atomic mass is 10.1. The summed E-state index contributed by atoms with van der Waals surface area (Å²) in [5, 5.41) is 6.47. The Kier molecular flexibility index (Phi) is 4.37. The minimum absolute atomic E-state index is 0.151. The van der Waals surface area contributed by atoms with E-state index < -0.39 is 0 Å². The first-order valence-corrected chi connectivity index (χ1v) is 6.51. The van der Waals surface area contributed by atoms with Crippen LogP contribution in [0.3, 0.4) is 0 Å². The highest BCUT2D eigenvalue weighted by atomic mass is 19.1. The summed E-state index contributed by atoms with van der Waals surface area (Å²) in [7, 11) is 3.87. The van der Waals surface area contributed by atoms with Crippen molar-refractivity contribution in [1.29, 1.82) is 0 Å². The second-order valence-corrected chi connectivity index (χ2v) is 5.25. The van der Waals surface area contributed by atoms with Crippen LogP contribution >= 0.6 is 0 Å². The third-order valence-electron chi connectivity index (χ3n) is 2.96. The number of guanidine groups is 1. The van der Waals surface area contributed by atoms with E-state index in [0.717, 1.165) is 23.6 Å². The fraction of sp³-hybridized carbons (Fsp3) is 0.500. The van der Waals surface area contributed by atoms with Crippen LogP contribution in [0.15, 0.2) is 23.2 Å². The predicted octanol–water partition coefficient (Wildman–Crippen LogP) is 1.32. The second kappa shape index (κ2) is 6.02. The van der Waals surface area contributed by atoms with Crippen LogP contribution in [-0.2, 0) is 13.1 Å². The van der Waals surface area contributed by atoms with E-state index in [0.29, 0.717) is 19.1 Å². The number of rotatable bonds is 4. The number of nitrogens with one attached hydrogen (secondary N) is 2. The molecule has 1 aliphatic heterocycles. The summed E-state index contributed by atoms with van der Waals surface area (Å²) in [6, 6.07) is 5.63. The Labute approximate surface area is 113 Å². The molecule has 0 saturated heterocycles. The van der Waals surface area contributed by atoms with Crippen LogP contribution in [-0.4, -0.2) is 37.5 Å². The lowest BCUT2D eigenvalue weighted by Crippen LogP contribution is -2.37. The molecule has 1 atom stereocenters. The molecule has 1 unspecified atom stereocenters. The fourth-order valence-electron chi connectivity index (χ4n) is 2.05. The van der Waals surface area contributed by atoms with Gasteiger partial charge >= 0.3 is 0 Å². The molecule has 19 heavy (non-hydrogen) atoms. The lowest BCUT2D eigenvalue weighted by Gasteiger charge is -2.13. The molecule has 104 valence electrons. The smallest absolute Gasteiger partial charge is 0.191 e. The third-order valence-corrected chi connectivity index (χ3v) is 2.96. The van der Waals surface area contributed by atoms with Gasteiger partial charge in [-0.3, -0.25) is 4.99 Å². The minimum Gasteiger partial charge on any atom is -0.352 e. The normalized spacial score (nSPS) is 18.4. The Hall–Kier alpha value is -1.62. The van der Waals surface area contributed by atoms with Gasteiger partial charge < -0.3 is 15.5 Å². The van der Waals surface area contributed by atoms with E-state index in [9.17, 15) is 4.39 Å². The number of hydrogen-bond acceptors (Lipinski definition) is 4. The van der Waals surface area contributed by atoms with Crippen LogP contribution in [0.2, 0.25) is 0 Å². The molecule has 4 nitrogen and oxygen atoms in total. The predicted molar refractivity (Wildman–Crippen MR) is 75.5 cm³/mol. The first kappa shape index (κ1) is 13.8. The zero-order valence-corrected chi connectivity index (χ0v) is 11.7. The number of benzene rings is 1. The Morgan fingerprint density at radius 3 is 2.89 bits per heavy atom. The summed E-state index contributed by atoms with van der Waals surface area (Å²) in [5.41, 5.74) is 1.78. The van der Waals surface area contributed by atoms with Gasteiger partial charge in [-0.15, -0.1) is 0 Å². The van der Waals surface area contributed by atoms with Crippen molar-refractivity contribution in [3.8, 4) is 0 Å². The molecule has 1 aromatic carbocycles. The molecule has 2 rings (SSSR count). The van der Waals surface area contributed by atoms with Crippen molar-refractivity contribution >= 4 is 5.96 Å². The molecule has 0 saturated carbocycles. The third kappa shape index (κ3) is 3.92.